The van der Waals surface area contributed by atoms with E-state index in [9.17, 15) is 9.90 Å². The molecule has 0 spiro atoms. The summed E-state index contributed by atoms with van der Waals surface area (Å²) in [5, 5.41) is 10.5. The van der Waals surface area contributed by atoms with Gasteiger partial charge in [0, 0.05) is 0 Å². The Kier molecular flexibility index (Phi) is 2.68. The van der Waals surface area contributed by atoms with Crippen LogP contribution in [0.4, 0.5) is 0 Å². The summed E-state index contributed by atoms with van der Waals surface area (Å²) in [5.41, 5.74) is 0.867. The number of hydrogen-bond donors (Lipinski definition) is 1. The van der Waals surface area contributed by atoms with Crippen LogP contribution in [0, 0.1) is 11.3 Å². The van der Waals surface area contributed by atoms with Gasteiger partial charge in [0.05, 0.1) is 15.5 Å². The molecule has 3 rings (SSSR count). The number of carboxylic acids is 1. The zero-order valence-electron chi connectivity index (χ0n) is 9.62. The molecule has 2 unspecified atom stereocenters. The minimum atomic E-state index is -0.751. The summed E-state index contributed by atoms with van der Waals surface area (Å²) in [6, 6.07) is 5.38. The number of carbonyl (C=O) groups is 1. The van der Waals surface area contributed by atoms with Gasteiger partial charge >= 0.3 is 5.97 Å². The van der Waals surface area contributed by atoms with Crippen LogP contribution in [0.3, 0.4) is 0 Å². The molecule has 4 heteroatoms. The third kappa shape index (κ3) is 1.52. The molecule has 1 N–H and O–H groups in total. The van der Waals surface area contributed by atoms with Crippen molar-refractivity contribution in [2.75, 3.05) is 0 Å². The number of hydrogen-bond acceptors (Lipinski definition) is 1. The van der Waals surface area contributed by atoms with Crippen molar-refractivity contribution in [2.45, 2.75) is 19.3 Å². The van der Waals surface area contributed by atoms with Crippen LogP contribution >= 0.6 is 23.2 Å². The van der Waals surface area contributed by atoms with Gasteiger partial charge in [0.2, 0.25) is 0 Å². The summed E-state index contributed by atoms with van der Waals surface area (Å²) in [6.07, 6.45) is 4.41. The molecule has 0 saturated heterocycles. The normalized spacial score (nSPS) is 29.4. The first-order valence-corrected chi connectivity index (χ1v) is 6.70. The second kappa shape index (κ2) is 4.01. The highest BCUT2D eigenvalue weighted by atomic mass is 35.5. The van der Waals surface area contributed by atoms with Crippen molar-refractivity contribution < 1.29 is 9.90 Å². The smallest absolute Gasteiger partial charge is 0.314 e. The predicted molar refractivity (Wildman–Crippen MR) is 71.8 cm³/mol. The lowest BCUT2D eigenvalue weighted by Gasteiger charge is -2.26. The molecule has 94 valence electrons. The molecule has 2 aliphatic rings. The van der Waals surface area contributed by atoms with Crippen LogP contribution in [0.5, 0.6) is 0 Å². The molecule has 18 heavy (non-hydrogen) atoms. The highest BCUT2D eigenvalue weighted by Gasteiger charge is 2.52. The zero-order valence-corrected chi connectivity index (χ0v) is 11.1. The molecule has 1 saturated carbocycles. The lowest BCUT2D eigenvalue weighted by atomic mass is 9.77. The van der Waals surface area contributed by atoms with E-state index in [4.69, 9.17) is 23.2 Å². The van der Waals surface area contributed by atoms with E-state index in [2.05, 4.69) is 6.08 Å². The Morgan fingerprint density at radius 1 is 1.39 bits per heavy atom. The van der Waals surface area contributed by atoms with Gasteiger partial charge in [-0.05, 0) is 42.4 Å². The Bertz CT molecular complexity index is 565. The molecule has 0 heterocycles. The van der Waals surface area contributed by atoms with Crippen molar-refractivity contribution in [1.82, 2.24) is 0 Å². The third-order valence-electron chi connectivity index (χ3n) is 4.12. The Labute approximate surface area is 115 Å². The standard InChI is InChI=1S/C14H12Cl2O2/c15-11-3-1-2-9(12(11)16)10-6-8-4-5-14(10,7-8)13(17)18/h1-3,6,8H,4-5,7H2,(H,17,18). The highest BCUT2D eigenvalue weighted by Crippen LogP contribution is 2.58. The van der Waals surface area contributed by atoms with E-state index in [0.717, 1.165) is 17.6 Å². The Hall–Kier alpha value is -0.990. The number of allylic oxidation sites excluding steroid dienone is 1. The fourth-order valence-corrected chi connectivity index (χ4v) is 3.64. The average Bonchev–Trinajstić information content (AvgIpc) is 2.91. The van der Waals surface area contributed by atoms with E-state index in [1.165, 1.54) is 0 Å². The van der Waals surface area contributed by atoms with Gasteiger partial charge in [0.15, 0.2) is 0 Å². The topological polar surface area (TPSA) is 37.3 Å². The Balaban J connectivity index is 2.15. The van der Waals surface area contributed by atoms with Crippen LogP contribution in [0.25, 0.3) is 5.57 Å². The summed E-state index contributed by atoms with van der Waals surface area (Å²) in [5.74, 6) is -0.379. The van der Waals surface area contributed by atoms with E-state index in [1.807, 2.05) is 12.1 Å². The summed E-state index contributed by atoms with van der Waals surface area (Å²) in [6.45, 7) is 0. The van der Waals surface area contributed by atoms with Crippen LogP contribution < -0.4 is 0 Å². The minimum absolute atomic E-state index is 0.367. The maximum absolute atomic E-state index is 11.6. The lowest BCUT2D eigenvalue weighted by molar-refractivity contribution is -0.144. The largest absolute Gasteiger partial charge is 0.481 e. The Morgan fingerprint density at radius 3 is 2.83 bits per heavy atom. The highest BCUT2D eigenvalue weighted by molar-refractivity contribution is 6.43. The van der Waals surface area contributed by atoms with Gasteiger partial charge in [0.1, 0.15) is 0 Å². The van der Waals surface area contributed by atoms with Crippen molar-refractivity contribution >= 4 is 34.7 Å². The number of benzene rings is 1. The van der Waals surface area contributed by atoms with Crippen LogP contribution in [-0.4, -0.2) is 11.1 Å². The fourth-order valence-electron chi connectivity index (χ4n) is 3.23. The van der Waals surface area contributed by atoms with Gasteiger partial charge in [-0.2, -0.15) is 0 Å². The maximum Gasteiger partial charge on any atom is 0.314 e. The van der Waals surface area contributed by atoms with Gasteiger partial charge in [-0.15, -0.1) is 0 Å². The second-order valence-electron chi connectivity index (χ2n) is 5.07. The number of carboxylic acid groups (broad SMARTS) is 1. The van der Waals surface area contributed by atoms with Gasteiger partial charge in [0.25, 0.3) is 0 Å². The minimum Gasteiger partial charge on any atom is -0.481 e. The molecular weight excluding hydrogens is 271 g/mol. The summed E-state index contributed by atoms with van der Waals surface area (Å²) in [4.78, 5) is 11.6. The second-order valence-corrected chi connectivity index (χ2v) is 5.86. The predicted octanol–water partition coefficient (Wildman–Crippen LogP) is 4.26. The summed E-state index contributed by atoms with van der Waals surface area (Å²) in [7, 11) is 0. The van der Waals surface area contributed by atoms with Crippen LogP contribution in [0.1, 0.15) is 24.8 Å². The van der Waals surface area contributed by atoms with E-state index in [0.29, 0.717) is 28.8 Å². The van der Waals surface area contributed by atoms with Crippen molar-refractivity contribution in [2.24, 2.45) is 11.3 Å². The molecule has 0 aromatic heterocycles. The monoisotopic (exact) mass is 282 g/mol. The number of aliphatic carboxylic acids is 1. The molecule has 2 aliphatic carbocycles. The van der Waals surface area contributed by atoms with Crippen LogP contribution in [0.15, 0.2) is 24.3 Å². The van der Waals surface area contributed by atoms with Crippen LogP contribution in [-0.2, 0) is 4.79 Å². The summed E-state index contributed by atoms with van der Waals surface area (Å²) < 4.78 is 0. The first kappa shape index (κ1) is 12.1. The maximum atomic E-state index is 11.6. The zero-order chi connectivity index (χ0) is 12.9. The van der Waals surface area contributed by atoms with Gasteiger partial charge < -0.3 is 5.11 Å². The Morgan fingerprint density at radius 2 is 2.17 bits per heavy atom. The summed E-state index contributed by atoms with van der Waals surface area (Å²) >= 11 is 12.2. The average molecular weight is 283 g/mol. The van der Waals surface area contributed by atoms with Crippen LogP contribution in [0.2, 0.25) is 10.0 Å². The first-order valence-electron chi connectivity index (χ1n) is 5.95. The number of halogens is 2. The first-order chi connectivity index (χ1) is 8.54. The quantitative estimate of drug-likeness (QED) is 0.880. The molecule has 1 fully saturated rings. The van der Waals surface area contributed by atoms with Gasteiger partial charge in [-0.25, -0.2) is 0 Å². The van der Waals surface area contributed by atoms with Crippen molar-refractivity contribution in [3.63, 3.8) is 0 Å². The van der Waals surface area contributed by atoms with E-state index < -0.39 is 11.4 Å². The lowest BCUT2D eigenvalue weighted by Crippen LogP contribution is -2.28. The molecule has 0 amide bonds. The molecule has 0 aliphatic heterocycles. The number of fused-ring (bicyclic) bond motifs is 2. The van der Waals surface area contributed by atoms with Crippen molar-refractivity contribution in [3.05, 3.63) is 39.9 Å². The molecule has 2 bridgehead atoms. The van der Waals surface area contributed by atoms with Crippen molar-refractivity contribution in [3.8, 4) is 0 Å². The van der Waals surface area contributed by atoms with Crippen molar-refractivity contribution in [1.29, 1.82) is 0 Å². The fraction of sp³-hybridized carbons (Fsp3) is 0.357. The van der Waals surface area contributed by atoms with E-state index in [1.54, 1.807) is 6.07 Å². The molecule has 1 aromatic rings. The molecular formula is C14H12Cl2O2. The molecule has 0 radical (unpaired) electrons. The van der Waals surface area contributed by atoms with E-state index in [-0.39, 0.29) is 0 Å². The third-order valence-corrected chi connectivity index (χ3v) is 4.94. The molecule has 1 aromatic carbocycles. The van der Waals surface area contributed by atoms with E-state index >= 15 is 0 Å². The number of rotatable bonds is 2. The van der Waals surface area contributed by atoms with Gasteiger partial charge in [-0.3, -0.25) is 4.79 Å². The SMILES string of the molecule is O=C(O)C12CCC(C=C1c1cccc(Cl)c1Cl)C2. The molecule has 2 atom stereocenters. The van der Waals surface area contributed by atoms with Gasteiger partial charge in [-0.1, -0.05) is 41.4 Å². The molecule has 2 nitrogen and oxygen atoms in total.